The highest BCUT2D eigenvalue weighted by Crippen LogP contribution is 2.17. The number of hydrogen-bond acceptors (Lipinski definition) is 5. The molecule has 0 radical (unpaired) electrons. The van der Waals surface area contributed by atoms with Crippen LogP contribution in [-0.4, -0.2) is 39.9 Å². The van der Waals surface area contributed by atoms with Crippen molar-refractivity contribution in [2.75, 3.05) is 4.72 Å². The van der Waals surface area contributed by atoms with Gasteiger partial charge in [0.05, 0.1) is 12.4 Å². The van der Waals surface area contributed by atoms with Crippen LogP contribution in [0.25, 0.3) is 0 Å². The number of H-pyrrole nitrogens is 2. The second-order valence-electron chi connectivity index (χ2n) is 3.45. The van der Waals surface area contributed by atoms with Crippen LogP contribution in [0.5, 0.6) is 0 Å². The Hall–Kier alpha value is -2.36. The van der Waals surface area contributed by atoms with Gasteiger partial charge in [-0.2, -0.15) is 18.6 Å². The van der Waals surface area contributed by atoms with Crippen molar-refractivity contribution in [2.24, 2.45) is 0 Å². The third kappa shape index (κ3) is 2.05. The molecule has 4 N–H and O–H groups in total. The summed E-state index contributed by atoms with van der Waals surface area (Å²) in [4.78, 5) is 10.8. The van der Waals surface area contributed by atoms with E-state index in [0.717, 1.165) is 6.20 Å². The number of aryl methyl sites for hydroxylation is 1. The van der Waals surface area contributed by atoms with Crippen LogP contribution in [0.2, 0.25) is 0 Å². The van der Waals surface area contributed by atoms with Gasteiger partial charge in [0.15, 0.2) is 5.03 Å². The zero-order valence-corrected chi connectivity index (χ0v) is 9.95. The molecule has 0 aromatic carbocycles. The van der Waals surface area contributed by atoms with Gasteiger partial charge < -0.3 is 5.11 Å². The van der Waals surface area contributed by atoms with Gasteiger partial charge in [-0.25, -0.2) is 4.79 Å². The third-order valence-electron chi connectivity index (χ3n) is 2.17. The van der Waals surface area contributed by atoms with Crippen LogP contribution in [0.15, 0.2) is 17.4 Å². The quantitative estimate of drug-likeness (QED) is 0.614. The molecule has 0 aliphatic rings. The molecule has 9 nitrogen and oxygen atoms in total. The first kappa shape index (κ1) is 12.1. The lowest BCUT2D eigenvalue weighted by Crippen LogP contribution is -2.17. The lowest BCUT2D eigenvalue weighted by Gasteiger charge is -2.05. The molecule has 2 aromatic heterocycles. The Balaban J connectivity index is 2.40. The Morgan fingerprint density at radius 3 is 2.56 bits per heavy atom. The molecule has 0 unspecified atom stereocenters. The second-order valence-corrected chi connectivity index (χ2v) is 5.07. The molecule has 0 fully saturated rings. The van der Waals surface area contributed by atoms with E-state index in [0.29, 0.717) is 5.56 Å². The lowest BCUT2D eigenvalue weighted by molar-refractivity contribution is 0.0692. The van der Waals surface area contributed by atoms with Gasteiger partial charge in [0, 0.05) is 5.56 Å². The van der Waals surface area contributed by atoms with Gasteiger partial charge in [-0.15, -0.1) is 0 Å². The number of carboxylic acid groups (broad SMARTS) is 1. The number of sulfonamides is 1. The maximum absolute atomic E-state index is 11.9. The topological polar surface area (TPSA) is 141 Å². The van der Waals surface area contributed by atoms with Crippen molar-refractivity contribution < 1.29 is 18.3 Å². The summed E-state index contributed by atoms with van der Waals surface area (Å²) in [5.41, 5.74) is 0.148. The molecule has 18 heavy (non-hydrogen) atoms. The largest absolute Gasteiger partial charge is 0.478 e. The minimum absolute atomic E-state index is 0.168. The number of aromatic amines is 2. The molecular weight excluding hydrogens is 262 g/mol. The number of rotatable bonds is 4. The average Bonchev–Trinajstić information content (AvgIpc) is 2.88. The second kappa shape index (κ2) is 4.14. The standard InChI is InChI=1S/C8H9N5O4S/c1-4-2-9-11-6(4)13-18(16,17)7-5(8(14)15)3-10-12-7/h2-3H,1H3,(H,10,12)(H,14,15)(H2,9,11,13). The number of aromatic carboxylic acids is 1. The van der Waals surface area contributed by atoms with Gasteiger partial charge in [-0.1, -0.05) is 0 Å². The molecule has 0 amide bonds. The summed E-state index contributed by atoms with van der Waals surface area (Å²) >= 11 is 0. The zero-order valence-electron chi connectivity index (χ0n) is 9.13. The van der Waals surface area contributed by atoms with Crippen LogP contribution in [0, 0.1) is 6.92 Å². The molecule has 0 aliphatic carbocycles. The molecule has 0 aliphatic heterocycles. The Morgan fingerprint density at radius 1 is 1.33 bits per heavy atom. The van der Waals surface area contributed by atoms with Crippen molar-refractivity contribution in [3.63, 3.8) is 0 Å². The monoisotopic (exact) mass is 271 g/mol. The van der Waals surface area contributed by atoms with E-state index >= 15 is 0 Å². The fourth-order valence-corrected chi connectivity index (χ4v) is 2.45. The van der Waals surface area contributed by atoms with Crippen LogP contribution in [-0.2, 0) is 10.0 Å². The Bertz CT molecular complexity index is 686. The van der Waals surface area contributed by atoms with Gasteiger partial charge in [0.1, 0.15) is 11.4 Å². The molecule has 0 saturated carbocycles. The zero-order chi connectivity index (χ0) is 13.3. The molecule has 96 valence electrons. The minimum Gasteiger partial charge on any atom is -0.478 e. The van der Waals surface area contributed by atoms with Crippen molar-refractivity contribution in [1.29, 1.82) is 0 Å². The fraction of sp³-hybridized carbons (Fsp3) is 0.125. The van der Waals surface area contributed by atoms with Gasteiger partial charge in [0.2, 0.25) is 0 Å². The van der Waals surface area contributed by atoms with E-state index < -0.39 is 26.6 Å². The lowest BCUT2D eigenvalue weighted by atomic mass is 10.4. The van der Waals surface area contributed by atoms with Crippen LogP contribution in [0.1, 0.15) is 15.9 Å². The number of carbonyl (C=O) groups is 1. The molecule has 0 atom stereocenters. The molecule has 2 aromatic rings. The van der Waals surface area contributed by atoms with Crippen LogP contribution in [0.4, 0.5) is 5.82 Å². The first-order valence-corrected chi connectivity index (χ1v) is 6.19. The Labute approximate surface area is 101 Å². The highest BCUT2D eigenvalue weighted by atomic mass is 32.2. The van der Waals surface area contributed by atoms with Gasteiger partial charge >= 0.3 is 5.97 Å². The number of nitrogens with one attached hydrogen (secondary N) is 3. The number of aromatic nitrogens is 4. The number of anilines is 1. The Morgan fingerprint density at radius 2 is 2.00 bits per heavy atom. The minimum atomic E-state index is -4.06. The number of hydrogen-bond donors (Lipinski definition) is 4. The van der Waals surface area contributed by atoms with E-state index in [-0.39, 0.29) is 5.82 Å². The van der Waals surface area contributed by atoms with Gasteiger partial charge in [-0.05, 0) is 6.92 Å². The average molecular weight is 271 g/mol. The predicted molar refractivity (Wildman–Crippen MR) is 59.7 cm³/mol. The van der Waals surface area contributed by atoms with E-state index in [1.54, 1.807) is 6.92 Å². The summed E-state index contributed by atoms with van der Waals surface area (Å²) in [5, 5.41) is 20.0. The summed E-state index contributed by atoms with van der Waals surface area (Å²) < 4.78 is 26.1. The normalized spacial score (nSPS) is 11.4. The number of nitrogens with zero attached hydrogens (tertiary/aromatic N) is 2. The highest BCUT2D eigenvalue weighted by molar-refractivity contribution is 7.92. The fourth-order valence-electron chi connectivity index (χ4n) is 1.27. The van der Waals surface area contributed by atoms with Crippen LogP contribution >= 0.6 is 0 Å². The van der Waals surface area contributed by atoms with Crippen LogP contribution in [0.3, 0.4) is 0 Å². The summed E-state index contributed by atoms with van der Waals surface area (Å²) in [7, 11) is -4.06. The van der Waals surface area contributed by atoms with Crippen LogP contribution < -0.4 is 4.72 Å². The van der Waals surface area contributed by atoms with E-state index in [4.69, 9.17) is 5.11 Å². The molecular formula is C8H9N5O4S. The maximum Gasteiger partial charge on any atom is 0.340 e. The summed E-state index contributed by atoms with van der Waals surface area (Å²) in [6, 6.07) is 0. The SMILES string of the molecule is Cc1cn[nH]c1NS(=O)(=O)c1[nH]ncc1C(=O)O. The maximum atomic E-state index is 11.9. The first-order chi connectivity index (χ1) is 8.42. The molecule has 2 rings (SSSR count). The molecule has 0 saturated heterocycles. The highest BCUT2D eigenvalue weighted by Gasteiger charge is 2.25. The van der Waals surface area contributed by atoms with Gasteiger partial charge in [0.25, 0.3) is 10.0 Å². The van der Waals surface area contributed by atoms with E-state index in [1.165, 1.54) is 6.20 Å². The molecule has 2 heterocycles. The van der Waals surface area contributed by atoms with Crippen molar-refractivity contribution in [3.05, 3.63) is 23.5 Å². The van der Waals surface area contributed by atoms with Crippen molar-refractivity contribution in [3.8, 4) is 0 Å². The predicted octanol–water partition coefficient (Wildman–Crippen LogP) is -0.0598. The summed E-state index contributed by atoms with van der Waals surface area (Å²) in [6.45, 7) is 1.65. The summed E-state index contributed by atoms with van der Waals surface area (Å²) in [6.07, 6.45) is 2.36. The van der Waals surface area contributed by atoms with Crippen molar-refractivity contribution in [1.82, 2.24) is 20.4 Å². The molecule has 10 heteroatoms. The van der Waals surface area contributed by atoms with Crippen molar-refractivity contribution in [2.45, 2.75) is 11.9 Å². The van der Waals surface area contributed by atoms with Gasteiger partial charge in [-0.3, -0.25) is 14.9 Å². The molecule has 0 spiro atoms. The Kier molecular flexibility index (Phi) is 2.79. The van der Waals surface area contributed by atoms with E-state index in [2.05, 4.69) is 25.1 Å². The van der Waals surface area contributed by atoms with Crippen molar-refractivity contribution >= 4 is 21.8 Å². The number of carboxylic acids is 1. The third-order valence-corrected chi connectivity index (χ3v) is 3.49. The first-order valence-electron chi connectivity index (χ1n) is 4.71. The molecule has 0 bridgehead atoms. The summed E-state index contributed by atoms with van der Waals surface area (Å²) in [5.74, 6) is -1.22. The van der Waals surface area contributed by atoms with E-state index in [1.807, 2.05) is 0 Å². The smallest absolute Gasteiger partial charge is 0.340 e. The van der Waals surface area contributed by atoms with E-state index in [9.17, 15) is 13.2 Å².